The van der Waals surface area contributed by atoms with Gasteiger partial charge < -0.3 is 11.1 Å². The normalized spacial score (nSPS) is 12.2. The van der Waals surface area contributed by atoms with Gasteiger partial charge in [0.15, 0.2) is 0 Å². The number of amides is 1. The largest absolute Gasteiger partial charge is 0.350 e. The second-order valence-corrected chi connectivity index (χ2v) is 3.91. The standard InChI is InChI=1S/C11H14ClFN2O/c1-2-8(14)6-15-11(16)7-3-4-9(12)10(13)5-7/h3-5,8H,2,6,14H2,1H3,(H,15,16). The van der Waals surface area contributed by atoms with Crippen molar-refractivity contribution in [2.24, 2.45) is 5.73 Å². The van der Waals surface area contributed by atoms with Crippen molar-refractivity contribution < 1.29 is 9.18 Å². The first-order valence-corrected chi connectivity index (χ1v) is 5.41. The molecular weight excluding hydrogens is 231 g/mol. The van der Waals surface area contributed by atoms with E-state index in [2.05, 4.69) is 5.32 Å². The second kappa shape index (κ2) is 5.82. The maximum absolute atomic E-state index is 13.1. The molecule has 0 saturated carbocycles. The highest BCUT2D eigenvalue weighted by Gasteiger charge is 2.09. The Hall–Kier alpha value is -1.13. The van der Waals surface area contributed by atoms with Crippen molar-refractivity contribution in [3.05, 3.63) is 34.6 Å². The molecule has 0 aliphatic heterocycles. The minimum absolute atomic E-state index is 0.00168. The fourth-order valence-electron chi connectivity index (χ4n) is 1.11. The highest BCUT2D eigenvalue weighted by atomic mass is 35.5. The highest BCUT2D eigenvalue weighted by Crippen LogP contribution is 2.15. The summed E-state index contributed by atoms with van der Waals surface area (Å²) in [4.78, 5) is 11.6. The topological polar surface area (TPSA) is 55.1 Å². The van der Waals surface area contributed by atoms with Gasteiger partial charge in [0.1, 0.15) is 5.82 Å². The van der Waals surface area contributed by atoms with Crippen LogP contribution in [0.1, 0.15) is 23.7 Å². The van der Waals surface area contributed by atoms with Crippen LogP contribution in [-0.2, 0) is 0 Å². The molecular formula is C11H14ClFN2O. The summed E-state index contributed by atoms with van der Waals surface area (Å²) in [5.74, 6) is -0.950. The van der Waals surface area contributed by atoms with Crippen molar-refractivity contribution in [2.75, 3.05) is 6.54 Å². The molecule has 1 amide bonds. The minimum atomic E-state index is -0.603. The van der Waals surface area contributed by atoms with E-state index in [9.17, 15) is 9.18 Å². The summed E-state index contributed by atoms with van der Waals surface area (Å²) in [6.07, 6.45) is 0.773. The molecule has 0 aromatic heterocycles. The van der Waals surface area contributed by atoms with Crippen molar-refractivity contribution in [1.29, 1.82) is 0 Å². The number of hydrogen-bond donors (Lipinski definition) is 2. The fourth-order valence-corrected chi connectivity index (χ4v) is 1.23. The Kier molecular flexibility index (Phi) is 4.71. The predicted octanol–water partition coefficient (Wildman–Crippen LogP) is 1.95. The number of halogens is 2. The smallest absolute Gasteiger partial charge is 0.251 e. The van der Waals surface area contributed by atoms with Gasteiger partial charge in [0.25, 0.3) is 5.91 Å². The van der Waals surface area contributed by atoms with Crippen LogP contribution < -0.4 is 11.1 Å². The summed E-state index contributed by atoms with van der Waals surface area (Å²) in [6, 6.07) is 3.85. The summed E-state index contributed by atoms with van der Waals surface area (Å²) in [7, 11) is 0. The van der Waals surface area contributed by atoms with Gasteiger partial charge in [0.2, 0.25) is 0 Å². The van der Waals surface area contributed by atoms with Crippen LogP contribution in [0.25, 0.3) is 0 Å². The van der Waals surface area contributed by atoms with Crippen LogP contribution in [0.15, 0.2) is 18.2 Å². The molecule has 0 radical (unpaired) electrons. The first-order chi connectivity index (χ1) is 7.54. The summed E-state index contributed by atoms with van der Waals surface area (Å²) >= 11 is 5.51. The van der Waals surface area contributed by atoms with Crippen LogP contribution in [0, 0.1) is 5.82 Å². The lowest BCUT2D eigenvalue weighted by molar-refractivity contribution is 0.0950. The first kappa shape index (κ1) is 12.9. The van der Waals surface area contributed by atoms with Gasteiger partial charge in [-0.2, -0.15) is 0 Å². The Balaban J connectivity index is 2.63. The van der Waals surface area contributed by atoms with Crippen LogP contribution in [0.3, 0.4) is 0 Å². The van der Waals surface area contributed by atoms with Crippen LogP contribution in [0.4, 0.5) is 4.39 Å². The van der Waals surface area contributed by atoms with Gasteiger partial charge in [-0.25, -0.2) is 4.39 Å². The van der Waals surface area contributed by atoms with Gasteiger partial charge in [0.05, 0.1) is 5.02 Å². The van der Waals surface area contributed by atoms with E-state index in [-0.39, 0.29) is 22.5 Å². The molecule has 1 rings (SSSR count). The van der Waals surface area contributed by atoms with E-state index < -0.39 is 5.82 Å². The molecule has 0 aliphatic rings. The van der Waals surface area contributed by atoms with Crippen LogP contribution in [0.2, 0.25) is 5.02 Å². The van der Waals surface area contributed by atoms with Crippen molar-refractivity contribution in [1.82, 2.24) is 5.32 Å². The van der Waals surface area contributed by atoms with Crippen molar-refractivity contribution in [3.8, 4) is 0 Å². The molecule has 3 nitrogen and oxygen atoms in total. The summed E-state index contributed by atoms with van der Waals surface area (Å²) in [5.41, 5.74) is 5.88. The molecule has 1 unspecified atom stereocenters. The Bertz CT molecular complexity index is 384. The third-order valence-electron chi connectivity index (χ3n) is 2.23. The molecule has 1 aromatic rings. The molecule has 5 heteroatoms. The Labute approximate surface area is 98.8 Å². The molecule has 0 fully saturated rings. The summed E-state index contributed by atoms with van der Waals surface area (Å²) in [5, 5.41) is 2.62. The molecule has 0 bridgehead atoms. The maximum Gasteiger partial charge on any atom is 0.251 e. The average molecular weight is 245 g/mol. The Morgan fingerprint density at radius 2 is 2.31 bits per heavy atom. The van der Waals surface area contributed by atoms with Crippen molar-refractivity contribution in [2.45, 2.75) is 19.4 Å². The van der Waals surface area contributed by atoms with E-state index >= 15 is 0 Å². The summed E-state index contributed by atoms with van der Waals surface area (Å²) in [6.45, 7) is 2.30. The minimum Gasteiger partial charge on any atom is -0.350 e. The van der Waals surface area contributed by atoms with Crippen LogP contribution in [-0.4, -0.2) is 18.5 Å². The maximum atomic E-state index is 13.1. The second-order valence-electron chi connectivity index (χ2n) is 3.51. The third-order valence-corrected chi connectivity index (χ3v) is 2.54. The number of carbonyl (C=O) groups excluding carboxylic acids is 1. The number of rotatable bonds is 4. The number of nitrogens with two attached hydrogens (primary N) is 1. The van der Waals surface area contributed by atoms with E-state index in [4.69, 9.17) is 17.3 Å². The van der Waals surface area contributed by atoms with Gasteiger partial charge in [-0.3, -0.25) is 4.79 Å². The van der Waals surface area contributed by atoms with Crippen molar-refractivity contribution in [3.63, 3.8) is 0 Å². The van der Waals surface area contributed by atoms with E-state index in [0.29, 0.717) is 6.54 Å². The number of benzene rings is 1. The zero-order valence-electron chi connectivity index (χ0n) is 8.97. The lowest BCUT2D eigenvalue weighted by Crippen LogP contribution is -2.36. The SMILES string of the molecule is CCC(N)CNC(=O)c1ccc(Cl)c(F)c1. The van der Waals surface area contributed by atoms with E-state index in [1.54, 1.807) is 0 Å². The van der Waals surface area contributed by atoms with Gasteiger partial charge in [-0.15, -0.1) is 0 Å². The van der Waals surface area contributed by atoms with E-state index in [1.165, 1.54) is 12.1 Å². The third kappa shape index (κ3) is 3.47. The van der Waals surface area contributed by atoms with Crippen LogP contribution in [0.5, 0.6) is 0 Å². The molecule has 0 saturated heterocycles. The fraction of sp³-hybridized carbons (Fsp3) is 0.364. The molecule has 0 spiro atoms. The van der Waals surface area contributed by atoms with E-state index in [0.717, 1.165) is 12.5 Å². The van der Waals surface area contributed by atoms with Gasteiger partial charge >= 0.3 is 0 Å². The number of carbonyl (C=O) groups is 1. The molecule has 3 N–H and O–H groups in total. The zero-order valence-corrected chi connectivity index (χ0v) is 9.72. The van der Waals surface area contributed by atoms with E-state index in [1.807, 2.05) is 6.92 Å². The number of nitrogens with one attached hydrogen (secondary N) is 1. The predicted molar refractivity (Wildman–Crippen MR) is 62.0 cm³/mol. The first-order valence-electron chi connectivity index (χ1n) is 5.03. The lowest BCUT2D eigenvalue weighted by atomic mass is 10.2. The quantitative estimate of drug-likeness (QED) is 0.851. The molecule has 1 aromatic carbocycles. The lowest BCUT2D eigenvalue weighted by Gasteiger charge is -2.10. The average Bonchev–Trinajstić information content (AvgIpc) is 2.29. The number of hydrogen-bond acceptors (Lipinski definition) is 2. The molecule has 0 heterocycles. The zero-order chi connectivity index (χ0) is 12.1. The van der Waals surface area contributed by atoms with Crippen molar-refractivity contribution >= 4 is 17.5 Å². The monoisotopic (exact) mass is 244 g/mol. The van der Waals surface area contributed by atoms with Gasteiger partial charge in [-0.1, -0.05) is 18.5 Å². The Morgan fingerprint density at radius 1 is 1.62 bits per heavy atom. The summed E-state index contributed by atoms with van der Waals surface area (Å²) < 4.78 is 13.1. The van der Waals surface area contributed by atoms with Gasteiger partial charge in [0, 0.05) is 18.2 Å². The van der Waals surface area contributed by atoms with Crippen LogP contribution >= 0.6 is 11.6 Å². The van der Waals surface area contributed by atoms with Gasteiger partial charge in [-0.05, 0) is 24.6 Å². The molecule has 88 valence electrons. The molecule has 0 aliphatic carbocycles. The highest BCUT2D eigenvalue weighted by molar-refractivity contribution is 6.30. The molecule has 1 atom stereocenters. The molecule has 16 heavy (non-hydrogen) atoms. The Morgan fingerprint density at radius 3 is 2.88 bits per heavy atom.